The number of thioether (sulfide) groups is 1. The van der Waals surface area contributed by atoms with Crippen LogP contribution in [0, 0.1) is 11.3 Å². The Morgan fingerprint density at radius 3 is 2.67 bits per heavy atom. The summed E-state index contributed by atoms with van der Waals surface area (Å²) >= 11 is 1.53. The lowest BCUT2D eigenvalue weighted by atomic mass is 10.1. The van der Waals surface area contributed by atoms with Crippen LogP contribution in [-0.4, -0.2) is 21.9 Å². The second kappa shape index (κ2) is 8.09. The first-order valence-corrected chi connectivity index (χ1v) is 8.11. The highest BCUT2D eigenvalue weighted by Gasteiger charge is 2.14. The first-order chi connectivity index (χ1) is 11.5. The lowest BCUT2D eigenvalue weighted by Crippen LogP contribution is -2.10. The average molecular weight is 341 g/mol. The average Bonchev–Trinajstić information content (AvgIpc) is 2.57. The molecule has 0 unspecified atom stereocenters. The number of aromatic hydroxyl groups is 2. The number of carbonyl (C=O) groups excluding carboxylic acids is 1. The van der Waals surface area contributed by atoms with Gasteiger partial charge in [-0.2, -0.15) is 5.26 Å². The Labute approximate surface area is 143 Å². The van der Waals surface area contributed by atoms with Gasteiger partial charge in [0.05, 0.1) is 4.90 Å². The highest BCUT2D eigenvalue weighted by atomic mass is 32.2. The fourth-order valence-electron chi connectivity index (χ4n) is 1.90. The van der Waals surface area contributed by atoms with Gasteiger partial charge in [-0.1, -0.05) is 25.1 Å². The molecule has 0 saturated heterocycles. The van der Waals surface area contributed by atoms with E-state index in [4.69, 9.17) is 4.74 Å². The quantitative estimate of drug-likeness (QED) is 0.215. The minimum Gasteiger partial charge on any atom is -0.504 e. The van der Waals surface area contributed by atoms with E-state index in [2.05, 4.69) is 0 Å². The maximum Gasteiger partial charge on any atom is 0.354 e. The molecule has 0 aliphatic carbocycles. The predicted octanol–water partition coefficient (Wildman–Crippen LogP) is 3.72. The number of phenols is 2. The monoisotopic (exact) mass is 341 g/mol. The van der Waals surface area contributed by atoms with Crippen LogP contribution in [0.3, 0.4) is 0 Å². The Morgan fingerprint density at radius 2 is 2.00 bits per heavy atom. The van der Waals surface area contributed by atoms with Crippen molar-refractivity contribution in [1.29, 1.82) is 5.26 Å². The van der Waals surface area contributed by atoms with E-state index in [1.165, 1.54) is 36.0 Å². The van der Waals surface area contributed by atoms with Crippen molar-refractivity contribution in [3.63, 3.8) is 0 Å². The van der Waals surface area contributed by atoms with E-state index in [-0.39, 0.29) is 17.1 Å². The summed E-state index contributed by atoms with van der Waals surface area (Å²) in [4.78, 5) is 13.0. The Hall–Kier alpha value is -2.91. The Kier molecular flexibility index (Phi) is 5.88. The van der Waals surface area contributed by atoms with Crippen molar-refractivity contribution >= 4 is 23.8 Å². The smallest absolute Gasteiger partial charge is 0.354 e. The minimum absolute atomic E-state index is 0.212. The zero-order valence-electron chi connectivity index (χ0n) is 12.9. The van der Waals surface area contributed by atoms with Gasteiger partial charge in [-0.15, -0.1) is 11.8 Å². The molecule has 24 heavy (non-hydrogen) atoms. The van der Waals surface area contributed by atoms with Crippen LogP contribution in [0.4, 0.5) is 0 Å². The maximum atomic E-state index is 12.2. The van der Waals surface area contributed by atoms with Gasteiger partial charge in [-0.3, -0.25) is 0 Å². The number of esters is 1. The van der Waals surface area contributed by atoms with Crippen molar-refractivity contribution in [3.8, 4) is 23.3 Å². The summed E-state index contributed by atoms with van der Waals surface area (Å²) in [7, 11) is 0. The number of ether oxygens (including phenoxy) is 1. The summed E-state index contributed by atoms with van der Waals surface area (Å²) in [6, 6.07) is 12.9. The van der Waals surface area contributed by atoms with Crippen molar-refractivity contribution in [3.05, 3.63) is 53.6 Å². The number of benzene rings is 2. The highest BCUT2D eigenvalue weighted by molar-refractivity contribution is 7.99. The molecule has 0 heterocycles. The number of phenolic OH excluding ortho intramolecular Hbond substituents is 2. The van der Waals surface area contributed by atoms with Crippen LogP contribution in [0.25, 0.3) is 6.08 Å². The SMILES string of the molecule is CCSc1ccccc1OC(=O)C(C#N)=Cc1ccc(O)c(O)c1. The van der Waals surface area contributed by atoms with E-state index in [0.29, 0.717) is 11.3 Å². The molecule has 0 radical (unpaired) electrons. The lowest BCUT2D eigenvalue weighted by molar-refractivity contribution is -0.129. The molecule has 0 spiro atoms. The molecule has 5 nitrogen and oxygen atoms in total. The van der Waals surface area contributed by atoms with Gasteiger partial charge >= 0.3 is 5.97 Å². The van der Waals surface area contributed by atoms with Gasteiger partial charge in [0.1, 0.15) is 17.4 Å². The zero-order chi connectivity index (χ0) is 17.5. The van der Waals surface area contributed by atoms with E-state index >= 15 is 0 Å². The van der Waals surface area contributed by atoms with E-state index in [1.54, 1.807) is 18.2 Å². The van der Waals surface area contributed by atoms with Crippen molar-refractivity contribution < 1.29 is 19.7 Å². The number of para-hydroxylation sites is 1. The van der Waals surface area contributed by atoms with Crippen molar-refractivity contribution in [2.75, 3.05) is 5.75 Å². The summed E-state index contributed by atoms with van der Waals surface area (Å²) in [6.07, 6.45) is 1.29. The molecule has 0 aliphatic heterocycles. The fourth-order valence-corrected chi connectivity index (χ4v) is 2.64. The number of hydrogen-bond donors (Lipinski definition) is 2. The molecule has 122 valence electrons. The van der Waals surface area contributed by atoms with Crippen LogP contribution >= 0.6 is 11.8 Å². The van der Waals surface area contributed by atoms with Crippen LogP contribution < -0.4 is 4.74 Å². The highest BCUT2D eigenvalue weighted by Crippen LogP contribution is 2.30. The molecule has 2 aromatic carbocycles. The van der Waals surface area contributed by atoms with Crippen LogP contribution in [-0.2, 0) is 4.79 Å². The van der Waals surface area contributed by atoms with Gasteiger partial charge in [0.15, 0.2) is 11.5 Å². The zero-order valence-corrected chi connectivity index (χ0v) is 13.7. The third-order valence-electron chi connectivity index (χ3n) is 3.00. The topological polar surface area (TPSA) is 90.6 Å². The van der Waals surface area contributed by atoms with Crippen molar-refractivity contribution in [1.82, 2.24) is 0 Å². The molecule has 0 saturated carbocycles. The van der Waals surface area contributed by atoms with Crippen LogP contribution in [0.1, 0.15) is 12.5 Å². The van der Waals surface area contributed by atoms with Gasteiger partial charge in [0, 0.05) is 0 Å². The molecule has 2 rings (SSSR count). The van der Waals surface area contributed by atoms with Gasteiger partial charge in [-0.25, -0.2) is 4.79 Å². The molecule has 0 fully saturated rings. The predicted molar refractivity (Wildman–Crippen MR) is 91.8 cm³/mol. The van der Waals surface area contributed by atoms with Gasteiger partial charge in [-0.05, 0) is 41.7 Å². The second-order valence-electron chi connectivity index (χ2n) is 4.69. The Balaban J connectivity index is 2.25. The van der Waals surface area contributed by atoms with Gasteiger partial charge in [0.25, 0.3) is 0 Å². The van der Waals surface area contributed by atoms with Crippen molar-refractivity contribution in [2.24, 2.45) is 0 Å². The Morgan fingerprint density at radius 1 is 1.25 bits per heavy atom. The van der Waals surface area contributed by atoms with E-state index in [9.17, 15) is 20.3 Å². The normalized spacial score (nSPS) is 10.9. The van der Waals surface area contributed by atoms with E-state index < -0.39 is 5.97 Å². The largest absolute Gasteiger partial charge is 0.504 e. The minimum atomic E-state index is -0.783. The number of carbonyl (C=O) groups is 1. The van der Waals surface area contributed by atoms with Gasteiger partial charge < -0.3 is 14.9 Å². The number of rotatable bonds is 5. The standard InChI is InChI=1S/C18H15NO4S/c1-2-24-17-6-4-3-5-16(17)23-18(22)13(11-19)9-12-7-8-14(20)15(21)10-12/h3-10,20-21H,2H2,1H3. The summed E-state index contributed by atoms with van der Waals surface area (Å²) in [5, 5.41) is 28.0. The van der Waals surface area contributed by atoms with Crippen LogP contribution in [0.5, 0.6) is 17.2 Å². The molecule has 2 N–H and O–H groups in total. The summed E-state index contributed by atoms with van der Waals surface area (Å²) in [6.45, 7) is 1.99. The number of nitriles is 1. The third-order valence-corrected chi connectivity index (χ3v) is 3.94. The molecule has 2 aromatic rings. The first kappa shape index (κ1) is 17.4. The molecule has 6 heteroatoms. The van der Waals surface area contributed by atoms with Crippen molar-refractivity contribution in [2.45, 2.75) is 11.8 Å². The van der Waals surface area contributed by atoms with Crippen LogP contribution in [0.15, 0.2) is 52.9 Å². The fraction of sp³-hybridized carbons (Fsp3) is 0.111. The summed E-state index contributed by atoms with van der Waals surface area (Å²) < 4.78 is 5.31. The molecule has 0 aliphatic rings. The van der Waals surface area contributed by atoms with Gasteiger partial charge in [0.2, 0.25) is 0 Å². The molecular formula is C18H15NO4S. The molecule has 0 amide bonds. The Bertz CT molecular complexity index is 824. The summed E-state index contributed by atoms with van der Waals surface area (Å²) in [5.74, 6) is -0.182. The number of hydrogen-bond acceptors (Lipinski definition) is 6. The van der Waals surface area contributed by atoms with Crippen LogP contribution in [0.2, 0.25) is 0 Å². The molecule has 0 bridgehead atoms. The van der Waals surface area contributed by atoms with E-state index in [1.807, 2.05) is 19.1 Å². The maximum absolute atomic E-state index is 12.2. The summed E-state index contributed by atoms with van der Waals surface area (Å²) in [5.41, 5.74) is 0.186. The lowest BCUT2D eigenvalue weighted by Gasteiger charge is -2.08. The number of nitrogens with zero attached hydrogens (tertiary/aromatic N) is 1. The molecule has 0 aromatic heterocycles. The third kappa shape index (κ3) is 4.31. The second-order valence-corrected chi connectivity index (χ2v) is 5.99. The van der Waals surface area contributed by atoms with E-state index in [0.717, 1.165) is 10.6 Å². The molecular weight excluding hydrogens is 326 g/mol. The first-order valence-electron chi connectivity index (χ1n) is 7.13. The molecule has 0 atom stereocenters.